The highest BCUT2D eigenvalue weighted by Gasteiger charge is 2.48. The molecule has 4 aliphatic rings. The second kappa shape index (κ2) is 5.12. The van der Waals surface area contributed by atoms with E-state index in [2.05, 4.69) is 21.2 Å². The molecule has 4 saturated carbocycles. The number of carbonyl (C=O) groups is 1. The first-order valence-electron chi connectivity index (χ1n) is 8.20. The van der Waals surface area contributed by atoms with E-state index in [1.807, 2.05) is 24.3 Å². The molecule has 112 valence electrons. The predicted molar refractivity (Wildman–Crippen MR) is 87.1 cm³/mol. The van der Waals surface area contributed by atoms with Gasteiger partial charge in [0.05, 0.1) is 0 Å². The van der Waals surface area contributed by atoms with E-state index >= 15 is 0 Å². The number of nitrogens with one attached hydrogen (secondary N) is 1. The van der Waals surface area contributed by atoms with Gasteiger partial charge in [-0.2, -0.15) is 0 Å². The highest BCUT2D eigenvalue weighted by atomic mass is 79.9. The van der Waals surface area contributed by atoms with Gasteiger partial charge in [0.1, 0.15) is 0 Å². The molecular weight excluding hydrogens is 326 g/mol. The highest BCUT2D eigenvalue weighted by molar-refractivity contribution is 9.10. The smallest absolute Gasteiger partial charge is 0.251 e. The third-order valence-electron chi connectivity index (χ3n) is 5.88. The molecule has 1 aromatic rings. The molecule has 0 radical (unpaired) electrons. The molecule has 0 aliphatic heterocycles. The van der Waals surface area contributed by atoms with Crippen molar-refractivity contribution in [3.05, 3.63) is 34.3 Å². The largest absolute Gasteiger partial charge is 0.347 e. The molecule has 1 N–H and O–H groups in total. The van der Waals surface area contributed by atoms with Crippen molar-refractivity contribution < 1.29 is 4.79 Å². The Morgan fingerprint density at radius 3 is 2.33 bits per heavy atom. The molecule has 0 spiro atoms. The molecule has 3 heteroatoms. The zero-order valence-corrected chi connectivity index (χ0v) is 13.9. The summed E-state index contributed by atoms with van der Waals surface area (Å²) in [6.07, 6.45) is 9.15. The summed E-state index contributed by atoms with van der Waals surface area (Å²) in [5.74, 6) is 2.76. The molecule has 0 unspecified atom stereocenters. The molecule has 0 aromatic heterocycles. The fraction of sp³-hybridized carbons (Fsp3) is 0.611. The fourth-order valence-corrected chi connectivity index (χ4v) is 5.49. The quantitative estimate of drug-likeness (QED) is 0.835. The Kier molecular flexibility index (Phi) is 3.36. The monoisotopic (exact) mass is 347 g/mol. The molecule has 2 nitrogen and oxygen atoms in total. The number of carbonyl (C=O) groups excluding carboxylic acids is 1. The van der Waals surface area contributed by atoms with E-state index in [-0.39, 0.29) is 11.4 Å². The summed E-state index contributed by atoms with van der Waals surface area (Å²) in [7, 11) is 0. The van der Waals surface area contributed by atoms with Crippen LogP contribution >= 0.6 is 15.9 Å². The number of fused-ring (bicyclic) bond motifs is 1. The van der Waals surface area contributed by atoms with Crippen molar-refractivity contribution in [2.45, 2.75) is 50.5 Å². The minimum Gasteiger partial charge on any atom is -0.347 e. The summed E-state index contributed by atoms with van der Waals surface area (Å²) < 4.78 is 1.02. The van der Waals surface area contributed by atoms with Crippen LogP contribution in [-0.2, 0) is 0 Å². The van der Waals surface area contributed by atoms with Crippen LogP contribution in [0, 0.1) is 17.8 Å². The van der Waals surface area contributed by atoms with Crippen molar-refractivity contribution in [1.29, 1.82) is 0 Å². The van der Waals surface area contributed by atoms with Crippen LogP contribution in [0.2, 0.25) is 0 Å². The zero-order valence-electron chi connectivity index (χ0n) is 12.3. The van der Waals surface area contributed by atoms with Crippen molar-refractivity contribution in [3.8, 4) is 0 Å². The summed E-state index contributed by atoms with van der Waals surface area (Å²) >= 11 is 3.43. The second-order valence-corrected chi connectivity index (χ2v) is 8.41. The van der Waals surface area contributed by atoms with Crippen LogP contribution < -0.4 is 5.32 Å². The third-order valence-corrected chi connectivity index (χ3v) is 6.40. The molecule has 1 aromatic carbocycles. The maximum atomic E-state index is 12.6. The van der Waals surface area contributed by atoms with Crippen LogP contribution in [-0.4, -0.2) is 11.4 Å². The van der Waals surface area contributed by atoms with Gasteiger partial charge in [-0.15, -0.1) is 0 Å². The lowest BCUT2D eigenvalue weighted by molar-refractivity contribution is 0.0714. The summed E-state index contributed by atoms with van der Waals surface area (Å²) in [5.41, 5.74) is 0.870. The average molecular weight is 348 g/mol. The van der Waals surface area contributed by atoms with E-state index in [0.29, 0.717) is 0 Å². The van der Waals surface area contributed by atoms with Gasteiger partial charge in [0.2, 0.25) is 0 Å². The van der Waals surface area contributed by atoms with Gasteiger partial charge in [-0.1, -0.05) is 15.9 Å². The normalized spacial score (nSPS) is 37.3. The molecule has 4 aliphatic carbocycles. The molecule has 5 rings (SSSR count). The molecule has 0 heterocycles. The van der Waals surface area contributed by atoms with E-state index < -0.39 is 0 Å². The van der Waals surface area contributed by atoms with E-state index in [4.69, 9.17) is 0 Å². The minimum atomic E-state index is 0.0863. The van der Waals surface area contributed by atoms with Crippen LogP contribution in [0.15, 0.2) is 28.7 Å². The highest BCUT2D eigenvalue weighted by Crippen LogP contribution is 2.53. The number of amides is 1. The summed E-state index contributed by atoms with van der Waals surface area (Å²) in [5, 5.41) is 3.44. The lowest BCUT2D eigenvalue weighted by Gasteiger charge is -2.45. The Hall–Kier alpha value is -0.830. The second-order valence-electron chi connectivity index (χ2n) is 7.49. The molecule has 2 atom stereocenters. The van der Waals surface area contributed by atoms with Gasteiger partial charge in [-0.25, -0.2) is 0 Å². The lowest BCUT2D eigenvalue weighted by Crippen LogP contribution is -2.52. The molecule has 4 bridgehead atoms. The number of halogens is 1. The first kappa shape index (κ1) is 13.8. The first-order chi connectivity index (χ1) is 10.1. The first-order valence-corrected chi connectivity index (χ1v) is 8.99. The van der Waals surface area contributed by atoms with Gasteiger partial charge in [0.25, 0.3) is 5.91 Å². The summed E-state index contributed by atoms with van der Waals surface area (Å²) in [6.45, 7) is 0. The van der Waals surface area contributed by atoms with E-state index in [0.717, 1.165) is 27.8 Å². The Morgan fingerprint density at radius 1 is 1.05 bits per heavy atom. The molecular formula is C18H22BrNO. The molecule has 0 saturated heterocycles. The van der Waals surface area contributed by atoms with E-state index in [1.165, 1.54) is 44.9 Å². The third kappa shape index (κ3) is 2.65. The van der Waals surface area contributed by atoms with Crippen molar-refractivity contribution in [2.24, 2.45) is 17.8 Å². The summed E-state index contributed by atoms with van der Waals surface area (Å²) in [6, 6.07) is 7.71. The van der Waals surface area contributed by atoms with Crippen molar-refractivity contribution in [1.82, 2.24) is 5.32 Å². The molecule has 4 fully saturated rings. The maximum absolute atomic E-state index is 12.6. The van der Waals surface area contributed by atoms with Crippen molar-refractivity contribution in [2.75, 3.05) is 0 Å². The van der Waals surface area contributed by atoms with Gasteiger partial charge in [0, 0.05) is 15.6 Å². The van der Waals surface area contributed by atoms with Crippen LogP contribution in [0.1, 0.15) is 55.3 Å². The average Bonchev–Trinajstić information content (AvgIpc) is 2.63. The van der Waals surface area contributed by atoms with Crippen LogP contribution in [0.3, 0.4) is 0 Å². The van der Waals surface area contributed by atoms with Gasteiger partial charge in [-0.3, -0.25) is 4.79 Å². The standard InChI is InChI=1S/C18H22BrNO/c19-16-3-1-15(2-4-16)17(21)20-18-6-5-12-7-13(10-18)9-14(8-12)11-18/h1-4,12-14H,5-11H2,(H,20,21)/t12?,13-,14-,18?/m0/s1. The number of hydrogen-bond acceptors (Lipinski definition) is 1. The molecule has 21 heavy (non-hydrogen) atoms. The van der Waals surface area contributed by atoms with Gasteiger partial charge >= 0.3 is 0 Å². The van der Waals surface area contributed by atoms with E-state index in [1.54, 1.807) is 0 Å². The van der Waals surface area contributed by atoms with Crippen LogP contribution in [0.5, 0.6) is 0 Å². The van der Waals surface area contributed by atoms with Gasteiger partial charge in [0.15, 0.2) is 0 Å². The van der Waals surface area contributed by atoms with Crippen LogP contribution in [0.4, 0.5) is 0 Å². The Balaban J connectivity index is 1.55. The minimum absolute atomic E-state index is 0.0863. The van der Waals surface area contributed by atoms with Crippen LogP contribution in [0.25, 0.3) is 0 Å². The summed E-state index contributed by atoms with van der Waals surface area (Å²) in [4.78, 5) is 12.6. The lowest BCUT2D eigenvalue weighted by atomic mass is 9.65. The maximum Gasteiger partial charge on any atom is 0.251 e. The number of benzene rings is 1. The van der Waals surface area contributed by atoms with Gasteiger partial charge in [-0.05, 0) is 87.0 Å². The number of rotatable bonds is 2. The Labute approximate surface area is 134 Å². The Morgan fingerprint density at radius 2 is 1.67 bits per heavy atom. The topological polar surface area (TPSA) is 29.1 Å². The Bertz CT molecular complexity index is 539. The van der Waals surface area contributed by atoms with Gasteiger partial charge < -0.3 is 5.32 Å². The van der Waals surface area contributed by atoms with Crippen molar-refractivity contribution >= 4 is 21.8 Å². The SMILES string of the molecule is O=C(NC12CCC3C[C@@H](C[C@H](C3)C1)C2)c1ccc(Br)cc1. The zero-order chi connectivity index (χ0) is 14.4. The van der Waals surface area contributed by atoms with Crippen molar-refractivity contribution in [3.63, 3.8) is 0 Å². The fourth-order valence-electron chi connectivity index (χ4n) is 5.22. The number of hydrogen-bond donors (Lipinski definition) is 1. The van der Waals surface area contributed by atoms with E-state index in [9.17, 15) is 4.79 Å². The molecule has 1 amide bonds. The predicted octanol–water partition coefficient (Wildman–Crippen LogP) is 4.54.